The monoisotopic (exact) mass is 277 g/mol. The Bertz CT molecular complexity index is 441. The second-order valence-electron chi connectivity index (χ2n) is 6.40. The fourth-order valence-corrected chi connectivity index (χ4v) is 3.63. The lowest BCUT2D eigenvalue weighted by atomic mass is 9.74. The maximum absolute atomic E-state index is 6.13. The zero-order chi connectivity index (χ0) is 14.0. The van der Waals surface area contributed by atoms with Crippen molar-refractivity contribution < 1.29 is 4.74 Å². The van der Waals surface area contributed by atoms with Crippen LogP contribution in [-0.4, -0.2) is 35.6 Å². The highest BCUT2D eigenvalue weighted by Crippen LogP contribution is 2.49. The third kappa shape index (κ3) is 2.77. The minimum absolute atomic E-state index is 0.277. The van der Waals surface area contributed by atoms with Gasteiger partial charge in [0.25, 0.3) is 0 Å². The van der Waals surface area contributed by atoms with Gasteiger partial charge in [0.1, 0.15) is 0 Å². The van der Waals surface area contributed by atoms with Gasteiger partial charge in [-0.05, 0) is 50.6 Å². The van der Waals surface area contributed by atoms with Gasteiger partial charge in [0.15, 0.2) is 0 Å². The van der Waals surface area contributed by atoms with Gasteiger partial charge in [-0.25, -0.2) is 0 Å². The highest BCUT2D eigenvalue weighted by molar-refractivity contribution is 5.12. The number of aryl methyl sites for hydroxylation is 1. The topological polar surface area (TPSA) is 39.1 Å². The van der Waals surface area contributed by atoms with Crippen LogP contribution in [0.4, 0.5) is 0 Å². The summed E-state index contributed by atoms with van der Waals surface area (Å²) in [6.45, 7) is 8.30. The van der Waals surface area contributed by atoms with Crippen molar-refractivity contribution in [1.29, 1.82) is 0 Å². The molecule has 0 aromatic carbocycles. The first-order valence-electron chi connectivity index (χ1n) is 8.11. The fourth-order valence-electron chi connectivity index (χ4n) is 3.63. The number of aromatic nitrogens is 2. The molecular formula is C16H27N3O. The fraction of sp³-hybridized carbons (Fsp3) is 0.812. The number of ether oxygens (including phenoxy) is 1. The highest BCUT2D eigenvalue weighted by Gasteiger charge is 2.50. The molecular weight excluding hydrogens is 250 g/mol. The molecule has 4 heteroatoms. The van der Waals surface area contributed by atoms with E-state index < -0.39 is 0 Å². The predicted octanol–water partition coefficient (Wildman–Crippen LogP) is 2.24. The summed E-state index contributed by atoms with van der Waals surface area (Å²) in [7, 11) is 0. The Kier molecular flexibility index (Phi) is 4.13. The molecule has 2 heterocycles. The summed E-state index contributed by atoms with van der Waals surface area (Å²) < 4.78 is 8.15. The molecule has 1 aromatic rings. The summed E-state index contributed by atoms with van der Waals surface area (Å²) in [5.74, 6) is 0.803. The molecule has 1 aromatic heterocycles. The maximum atomic E-state index is 6.13. The standard InChI is InChI=1S/C16H27N3O/c1-3-17-12-16(7-8-20-15(16)14-5-6-14)9-13-10-18-19(4-2)11-13/h10-11,14-15,17H,3-9,12H2,1-2H3. The molecule has 20 heavy (non-hydrogen) atoms. The Morgan fingerprint density at radius 3 is 2.95 bits per heavy atom. The van der Waals surface area contributed by atoms with E-state index in [1.165, 1.54) is 24.8 Å². The molecule has 1 saturated heterocycles. The molecule has 2 aliphatic rings. The molecule has 3 rings (SSSR count). The minimum Gasteiger partial charge on any atom is -0.377 e. The van der Waals surface area contributed by atoms with Crippen LogP contribution in [0.15, 0.2) is 12.4 Å². The van der Waals surface area contributed by atoms with Gasteiger partial charge >= 0.3 is 0 Å². The van der Waals surface area contributed by atoms with Gasteiger partial charge in [-0.1, -0.05) is 6.92 Å². The van der Waals surface area contributed by atoms with E-state index in [9.17, 15) is 0 Å². The van der Waals surface area contributed by atoms with E-state index in [4.69, 9.17) is 4.74 Å². The van der Waals surface area contributed by atoms with Gasteiger partial charge in [-0.3, -0.25) is 4.68 Å². The zero-order valence-corrected chi connectivity index (χ0v) is 12.8. The summed E-state index contributed by atoms with van der Waals surface area (Å²) in [6.07, 6.45) is 9.68. The average Bonchev–Trinajstić information content (AvgIpc) is 3.06. The lowest BCUT2D eigenvalue weighted by molar-refractivity contribution is 0.0308. The van der Waals surface area contributed by atoms with Crippen molar-refractivity contribution in [3.8, 4) is 0 Å². The van der Waals surface area contributed by atoms with Crippen molar-refractivity contribution in [3.05, 3.63) is 18.0 Å². The summed E-state index contributed by atoms with van der Waals surface area (Å²) in [4.78, 5) is 0. The van der Waals surface area contributed by atoms with E-state index in [1.807, 2.05) is 10.9 Å². The first kappa shape index (κ1) is 14.1. The number of nitrogens with zero attached hydrogens (tertiary/aromatic N) is 2. The third-order valence-corrected chi connectivity index (χ3v) is 4.85. The van der Waals surface area contributed by atoms with Gasteiger partial charge < -0.3 is 10.1 Å². The molecule has 0 spiro atoms. The summed E-state index contributed by atoms with van der Waals surface area (Å²) in [5.41, 5.74) is 1.64. The van der Waals surface area contributed by atoms with Crippen LogP contribution in [-0.2, 0) is 17.7 Å². The predicted molar refractivity (Wildman–Crippen MR) is 79.7 cm³/mol. The van der Waals surface area contributed by atoms with Gasteiger partial charge in [0, 0.05) is 31.3 Å². The molecule has 112 valence electrons. The van der Waals surface area contributed by atoms with Gasteiger partial charge in [-0.15, -0.1) is 0 Å². The van der Waals surface area contributed by atoms with E-state index in [-0.39, 0.29) is 5.41 Å². The van der Waals surface area contributed by atoms with Crippen molar-refractivity contribution in [2.45, 2.75) is 52.2 Å². The number of rotatable bonds is 7. The van der Waals surface area contributed by atoms with Crippen LogP contribution in [0.1, 0.15) is 38.7 Å². The summed E-state index contributed by atoms with van der Waals surface area (Å²) in [6, 6.07) is 0. The summed E-state index contributed by atoms with van der Waals surface area (Å²) >= 11 is 0. The number of hydrogen-bond donors (Lipinski definition) is 1. The van der Waals surface area contributed by atoms with E-state index in [1.54, 1.807) is 0 Å². The van der Waals surface area contributed by atoms with Gasteiger partial charge in [0.05, 0.1) is 12.3 Å². The van der Waals surface area contributed by atoms with E-state index in [0.29, 0.717) is 6.10 Å². The normalized spacial score (nSPS) is 30.0. The Labute approximate surface area is 121 Å². The minimum atomic E-state index is 0.277. The second-order valence-corrected chi connectivity index (χ2v) is 6.40. The maximum Gasteiger partial charge on any atom is 0.0675 e. The van der Waals surface area contributed by atoms with E-state index in [2.05, 4.69) is 30.5 Å². The van der Waals surface area contributed by atoms with Crippen LogP contribution < -0.4 is 5.32 Å². The highest BCUT2D eigenvalue weighted by atomic mass is 16.5. The molecule has 2 fully saturated rings. The molecule has 2 unspecified atom stereocenters. The molecule has 4 nitrogen and oxygen atoms in total. The van der Waals surface area contributed by atoms with E-state index >= 15 is 0 Å². The molecule has 1 saturated carbocycles. The van der Waals surface area contributed by atoms with Crippen molar-refractivity contribution in [2.24, 2.45) is 11.3 Å². The Hall–Kier alpha value is -0.870. The van der Waals surface area contributed by atoms with Gasteiger partial charge in [-0.2, -0.15) is 5.10 Å². The lowest BCUT2D eigenvalue weighted by Crippen LogP contribution is -2.43. The molecule has 1 N–H and O–H groups in total. The molecule has 0 amide bonds. The van der Waals surface area contributed by atoms with Crippen LogP contribution in [0.25, 0.3) is 0 Å². The van der Waals surface area contributed by atoms with Crippen molar-refractivity contribution in [1.82, 2.24) is 15.1 Å². The van der Waals surface area contributed by atoms with Crippen molar-refractivity contribution in [2.75, 3.05) is 19.7 Å². The van der Waals surface area contributed by atoms with Crippen molar-refractivity contribution >= 4 is 0 Å². The first-order chi connectivity index (χ1) is 9.77. The Balaban J connectivity index is 1.77. The molecule has 0 bridgehead atoms. The van der Waals surface area contributed by atoms with Gasteiger partial charge in [0.2, 0.25) is 0 Å². The van der Waals surface area contributed by atoms with E-state index in [0.717, 1.165) is 38.6 Å². The summed E-state index contributed by atoms with van der Waals surface area (Å²) in [5, 5.41) is 8.01. The smallest absolute Gasteiger partial charge is 0.0675 e. The second kappa shape index (κ2) is 5.86. The molecule has 1 aliphatic carbocycles. The van der Waals surface area contributed by atoms with Crippen molar-refractivity contribution in [3.63, 3.8) is 0 Å². The largest absolute Gasteiger partial charge is 0.377 e. The molecule has 1 aliphatic heterocycles. The third-order valence-electron chi connectivity index (χ3n) is 4.85. The first-order valence-corrected chi connectivity index (χ1v) is 8.11. The molecule has 0 radical (unpaired) electrons. The lowest BCUT2D eigenvalue weighted by Gasteiger charge is -2.34. The molecule has 2 atom stereocenters. The van der Waals surface area contributed by atoms with Crippen LogP contribution in [0, 0.1) is 11.3 Å². The van der Waals surface area contributed by atoms with Crippen LogP contribution >= 0.6 is 0 Å². The average molecular weight is 277 g/mol. The Morgan fingerprint density at radius 2 is 2.30 bits per heavy atom. The number of hydrogen-bond acceptors (Lipinski definition) is 3. The number of nitrogens with one attached hydrogen (secondary N) is 1. The quantitative estimate of drug-likeness (QED) is 0.831. The van der Waals surface area contributed by atoms with Crippen LogP contribution in [0.2, 0.25) is 0 Å². The van der Waals surface area contributed by atoms with Crippen LogP contribution in [0.5, 0.6) is 0 Å². The Morgan fingerprint density at radius 1 is 1.45 bits per heavy atom. The van der Waals surface area contributed by atoms with Crippen LogP contribution in [0.3, 0.4) is 0 Å². The SMILES string of the molecule is CCNCC1(Cc2cnn(CC)c2)CCOC1C1CC1. The zero-order valence-electron chi connectivity index (χ0n) is 12.8.